The molecule has 0 spiro atoms. The van der Waals surface area contributed by atoms with Crippen LogP contribution in [-0.4, -0.2) is 39.5 Å². The van der Waals surface area contributed by atoms with Crippen molar-refractivity contribution in [2.45, 2.75) is 12.8 Å². The molecule has 0 aliphatic carbocycles. The predicted octanol–water partition coefficient (Wildman–Crippen LogP) is 1.37. The molecule has 0 unspecified atom stereocenters. The fourth-order valence-electron chi connectivity index (χ4n) is 2.86. The van der Waals surface area contributed by atoms with Gasteiger partial charge in [0, 0.05) is 18.9 Å². The molecule has 3 rings (SSSR count). The largest absolute Gasteiger partial charge is 0.454 e. The fraction of sp³-hybridized carbons (Fsp3) is 0.533. The maximum atomic E-state index is 12.7. The Morgan fingerprint density at radius 2 is 2.10 bits per heavy atom. The first-order valence-corrected chi connectivity index (χ1v) is 7.14. The summed E-state index contributed by atoms with van der Waals surface area (Å²) in [6, 6.07) is 5.43. The monoisotopic (exact) mass is 292 g/mol. The van der Waals surface area contributed by atoms with Gasteiger partial charge in [-0.15, -0.1) is 0 Å². The zero-order chi connectivity index (χ0) is 14.7. The maximum absolute atomic E-state index is 12.7. The van der Waals surface area contributed by atoms with Crippen LogP contribution in [0.15, 0.2) is 18.2 Å². The van der Waals surface area contributed by atoms with Crippen molar-refractivity contribution in [1.82, 2.24) is 5.32 Å². The molecule has 1 aromatic rings. The Balaban J connectivity index is 1.74. The van der Waals surface area contributed by atoms with Gasteiger partial charge in [-0.25, -0.2) is 0 Å². The maximum Gasteiger partial charge on any atom is 0.233 e. The highest BCUT2D eigenvalue weighted by Crippen LogP contribution is 2.36. The van der Waals surface area contributed by atoms with Crippen molar-refractivity contribution in [2.75, 3.05) is 38.9 Å². The number of hydrogen-bond acceptors (Lipinski definition) is 5. The number of hydrogen-bond donors (Lipinski definition) is 2. The summed E-state index contributed by atoms with van der Waals surface area (Å²) in [6.07, 6.45) is 1.55. The molecule has 6 heteroatoms. The molecule has 2 heterocycles. The minimum Gasteiger partial charge on any atom is -0.454 e. The molecular formula is C15H20N2O4. The molecule has 0 aromatic heterocycles. The molecule has 0 bridgehead atoms. The highest BCUT2D eigenvalue weighted by Gasteiger charge is 2.39. The van der Waals surface area contributed by atoms with Crippen LogP contribution in [0.4, 0.5) is 5.69 Å². The molecule has 114 valence electrons. The van der Waals surface area contributed by atoms with Crippen LogP contribution in [-0.2, 0) is 9.53 Å². The summed E-state index contributed by atoms with van der Waals surface area (Å²) in [5, 5.41) is 6.26. The van der Waals surface area contributed by atoms with E-state index in [1.807, 2.05) is 12.1 Å². The van der Waals surface area contributed by atoms with Crippen LogP contribution in [0.2, 0.25) is 0 Å². The van der Waals surface area contributed by atoms with E-state index >= 15 is 0 Å². The fourth-order valence-corrected chi connectivity index (χ4v) is 2.86. The third kappa shape index (κ3) is 2.82. The summed E-state index contributed by atoms with van der Waals surface area (Å²) in [4.78, 5) is 12.7. The van der Waals surface area contributed by atoms with E-state index in [4.69, 9.17) is 14.2 Å². The van der Waals surface area contributed by atoms with E-state index in [2.05, 4.69) is 10.6 Å². The lowest BCUT2D eigenvalue weighted by molar-refractivity contribution is -0.130. The summed E-state index contributed by atoms with van der Waals surface area (Å²) >= 11 is 0. The number of carbonyl (C=O) groups is 1. The molecule has 2 aliphatic rings. The quantitative estimate of drug-likeness (QED) is 0.877. The number of carbonyl (C=O) groups excluding carboxylic acids is 1. The van der Waals surface area contributed by atoms with Crippen molar-refractivity contribution in [3.05, 3.63) is 18.2 Å². The highest BCUT2D eigenvalue weighted by molar-refractivity contribution is 5.95. The van der Waals surface area contributed by atoms with Gasteiger partial charge >= 0.3 is 0 Å². The van der Waals surface area contributed by atoms with Crippen LogP contribution < -0.4 is 20.1 Å². The molecule has 1 amide bonds. The van der Waals surface area contributed by atoms with E-state index in [1.54, 1.807) is 13.2 Å². The number of anilines is 1. The van der Waals surface area contributed by atoms with Gasteiger partial charge in [0.15, 0.2) is 11.5 Å². The molecule has 1 saturated heterocycles. The SMILES string of the molecule is COCC1(C(=O)Nc2ccc3c(c2)OCO3)CCNCC1. The van der Waals surface area contributed by atoms with Crippen LogP contribution in [0, 0.1) is 5.41 Å². The Hall–Kier alpha value is -1.79. The van der Waals surface area contributed by atoms with Crippen molar-refractivity contribution in [3.8, 4) is 11.5 Å². The summed E-state index contributed by atoms with van der Waals surface area (Å²) in [7, 11) is 1.64. The van der Waals surface area contributed by atoms with Crippen LogP contribution in [0.5, 0.6) is 11.5 Å². The van der Waals surface area contributed by atoms with Gasteiger partial charge < -0.3 is 24.8 Å². The van der Waals surface area contributed by atoms with Gasteiger partial charge in [-0.2, -0.15) is 0 Å². The van der Waals surface area contributed by atoms with E-state index in [0.717, 1.165) is 31.6 Å². The lowest BCUT2D eigenvalue weighted by Gasteiger charge is -2.35. The van der Waals surface area contributed by atoms with Crippen LogP contribution in [0.1, 0.15) is 12.8 Å². The van der Waals surface area contributed by atoms with Crippen LogP contribution in [0.3, 0.4) is 0 Å². The standard InChI is InChI=1S/C15H20N2O4/c1-19-9-15(4-6-16-7-5-15)14(18)17-11-2-3-12-13(8-11)21-10-20-12/h2-3,8,16H,4-7,9-10H2,1H3,(H,17,18). The van der Waals surface area contributed by atoms with E-state index in [1.165, 1.54) is 0 Å². The predicted molar refractivity (Wildman–Crippen MR) is 77.6 cm³/mol. The normalized spacial score (nSPS) is 19.3. The Morgan fingerprint density at radius 3 is 2.86 bits per heavy atom. The topological polar surface area (TPSA) is 68.8 Å². The molecule has 0 saturated carbocycles. The van der Waals surface area contributed by atoms with Gasteiger partial charge in [0.1, 0.15) is 0 Å². The average Bonchev–Trinajstić information content (AvgIpc) is 2.96. The van der Waals surface area contributed by atoms with Gasteiger partial charge in [-0.05, 0) is 38.1 Å². The lowest BCUT2D eigenvalue weighted by Crippen LogP contribution is -2.47. The van der Waals surface area contributed by atoms with Crippen molar-refractivity contribution in [3.63, 3.8) is 0 Å². The third-order valence-electron chi connectivity index (χ3n) is 4.09. The number of amides is 1. The number of methoxy groups -OCH3 is 1. The van der Waals surface area contributed by atoms with E-state index in [-0.39, 0.29) is 12.7 Å². The molecule has 21 heavy (non-hydrogen) atoms. The van der Waals surface area contributed by atoms with Gasteiger partial charge in [-0.1, -0.05) is 0 Å². The Bertz CT molecular complexity index is 521. The first-order valence-electron chi connectivity index (χ1n) is 7.14. The number of piperidine rings is 1. The molecule has 1 fully saturated rings. The van der Waals surface area contributed by atoms with Crippen molar-refractivity contribution in [1.29, 1.82) is 0 Å². The zero-order valence-electron chi connectivity index (χ0n) is 12.1. The molecule has 0 radical (unpaired) electrons. The average molecular weight is 292 g/mol. The summed E-state index contributed by atoms with van der Waals surface area (Å²) in [6.45, 7) is 2.33. The minimum absolute atomic E-state index is 0.00437. The second-order valence-corrected chi connectivity index (χ2v) is 5.49. The lowest BCUT2D eigenvalue weighted by atomic mass is 9.78. The Kier molecular flexibility index (Phi) is 3.98. The van der Waals surface area contributed by atoms with Crippen LogP contribution >= 0.6 is 0 Å². The van der Waals surface area contributed by atoms with Gasteiger partial charge in [0.05, 0.1) is 12.0 Å². The van der Waals surface area contributed by atoms with Gasteiger partial charge in [-0.3, -0.25) is 4.79 Å². The number of fused-ring (bicyclic) bond motifs is 1. The molecule has 1 aromatic carbocycles. The molecule has 2 aliphatic heterocycles. The number of nitrogens with one attached hydrogen (secondary N) is 2. The summed E-state index contributed by atoms with van der Waals surface area (Å²) in [5.41, 5.74) is 0.259. The van der Waals surface area contributed by atoms with Crippen molar-refractivity contribution >= 4 is 11.6 Å². The third-order valence-corrected chi connectivity index (χ3v) is 4.09. The Morgan fingerprint density at radius 1 is 1.33 bits per heavy atom. The first-order chi connectivity index (χ1) is 10.2. The molecule has 2 N–H and O–H groups in total. The molecule has 0 atom stereocenters. The van der Waals surface area contributed by atoms with E-state index in [0.29, 0.717) is 18.1 Å². The van der Waals surface area contributed by atoms with Gasteiger partial charge in [0.25, 0.3) is 0 Å². The van der Waals surface area contributed by atoms with Crippen molar-refractivity contribution in [2.24, 2.45) is 5.41 Å². The van der Waals surface area contributed by atoms with Gasteiger partial charge in [0.2, 0.25) is 12.7 Å². The number of rotatable bonds is 4. The van der Waals surface area contributed by atoms with E-state index in [9.17, 15) is 4.79 Å². The number of ether oxygens (including phenoxy) is 3. The minimum atomic E-state index is -0.462. The summed E-state index contributed by atoms with van der Waals surface area (Å²) in [5.74, 6) is 1.38. The molecular weight excluding hydrogens is 272 g/mol. The first kappa shape index (κ1) is 14.2. The van der Waals surface area contributed by atoms with Crippen molar-refractivity contribution < 1.29 is 19.0 Å². The second kappa shape index (κ2) is 5.91. The highest BCUT2D eigenvalue weighted by atomic mass is 16.7. The molecule has 6 nitrogen and oxygen atoms in total. The summed E-state index contributed by atoms with van der Waals surface area (Å²) < 4.78 is 15.9. The zero-order valence-corrected chi connectivity index (χ0v) is 12.1. The van der Waals surface area contributed by atoms with Crippen LogP contribution in [0.25, 0.3) is 0 Å². The number of benzene rings is 1. The smallest absolute Gasteiger partial charge is 0.233 e. The second-order valence-electron chi connectivity index (χ2n) is 5.49. The van der Waals surface area contributed by atoms with E-state index < -0.39 is 5.41 Å². The Labute approximate surface area is 123 Å².